The second-order valence-electron chi connectivity index (χ2n) is 4.58. The molecule has 6 nitrogen and oxygen atoms in total. The minimum absolute atomic E-state index is 0.172. The quantitative estimate of drug-likeness (QED) is 0.450. The summed E-state index contributed by atoms with van der Waals surface area (Å²) in [4.78, 5) is 12.1. The standard InChI is InChI=1S/C16H15FN4O2/c1-11(19-20-14-9-7-12(17)8-10-14)15(21-23)16(22)18-13-5-3-2-4-6-13/h2-10,20,23H,1H3,(H,18,22). The van der Waals surface area contributed by atoms with Crippen LogP contribution < -0.4 is 10.7 Å². The van der Waals surface area contributed by atoms with Gasteiger partial charge in [0.15, 0.2) is 5.71 Å². The van der Waals surface area contributed by atoms with Crippen LogP contribution in [-0.4, -0.2) is 22.5 Å². The molecule has 0 saturated carbocycles. The van der Waals surface area contributed by atoms with Crippen molar-refractivity contribution < 1.29 is 14.4 Å². The molecule has 0 fully saturated rings. The van der Waals surface area contributed by atoms with Gasteiger partial charge in [0.2, 0.25) is 0 Å². The van der Waals surface area contributed by atoms with E-state index in [0.717, 1.165) is 0 Å². The lowest BCUT2D eigenvalue weighted by Crippen LogP contribution is -2.29. The lowest BCUT2D eigenvalue weighted by molar-refractivity contribution is -0.110. The minimum atomic E-state index is -0.596. The Hall–Kier alpha value is -3.22. The Balaban J connectivity index is 2.05. The number of hydrazone groups is 1. The van der Waals surface area contributed by atoms with E-state index in [9.17, 15) is 9.18 Å². The van der Waals surface area contributed by atoms with Crippen molar-refractivity contribution in [2.24, 2.45) is 10.3 Å². The molecule has 0 bridgehead atoms. The summed E-state index contributed by atoms with van der Waals surface area (Å²) < 4.78 is 12.8. The summed E-state index contributed by atoms with van der Waals surface area (Å²) in [6.07, 6.45) is 0. The van der Waals surface area contributed by atoms with Crippen molar-refractivity contribution in [3.63, 3.8) is 0 Å². The number of benzene rings is 2. The summed E-state index contributed by atoms with van der Waals surface area (Å²) in [5.41, 5.74) is 3.69. The lowest BCUT2D eigenvalue weighted by atomic mass is 10.2. The molecule has 0 aliphatic rings. The van der Waals surface area contributed by atoms with Gasteiger partial charge < -0.3 is 10.5 Å². The van der Waals surface area contributed by atoms with Crippen LogP contribution in [0.2, 0.25) is 0 Å². The van der Waals surface area contributed by atoms with Gasteiger partial charge in [-0.2, -0.15) is 5.10 Å². The molecular formula is C16H15FN4O2. The molecule has 0 saturated heterocycles. The smallest absolute Gasteiger partial charge is 0.279 e. The molecule has 0 aliphatic carbocycles. The summed E-state index contributed by atoms with van der Waals surface area (Å²) in [5.74, 6) is -0.961. The van der Waals surface area contributed by atoms with E-state index in [4.69, 9.17) is 5.21 Å². The van der Waals surface area contributed by atoms with Crippen molar-refractivity contribution >= 4 is 28.7 Å². The molecular weight excluding hydrogens is 299 g/mol. The fourth-order valence-corrected chi connectivity index (χ4v) is 1.72. The maximum Gasteiger partial charge on any atom is 0.279 e. The zero-order valence-corrected chi connectivity index (χ0v) is 12.3. The maximum atomic E-state index is 12.8. The molecule has 3 N–H and O–H groups in total. The number of nitrogens with one attached hydrogen (secondary N) is 2. The summed E-state index contributed by atoms with van der Waals surface area (Å²) in [5, 5.41) is 18.6. The topological polar surface area (TPSA) is 86.1 Å². The Bertz CT molecular complexity index is 728. The van der Waals surface area contributed by atoms with Crippen molar-refractivity contribution in [2.75, 3.05) is 10.7 Å². The summed E-state index contributed by atoms with van der Waals surface area (Å²) in [6, 6.07) is 14.3. The number of nitrogens with zero attached hydrogens (tertiary/aromatic N) is 2. The summed E-state index contributed by atoms with van der Waals surface area (Å²) in [6.45, 7) is 1.51. The average molecular weight is 314 g/mol. The van der Waals surface area contributed by atoms with E-state index in [0.29, 0.717) is 11.4 Å². The molecule has 0 atom stereocenters. The molecule has 0 aromatic heterocycles. The van der Waals surface area contributed by atoms with Gasteiger partial charge >= 0.3 is 0 Å². The van der Waals surface area contributed by atoms with Crippen LogP contribution in [0.5, 0.6) is 0 Å². The normalized spacial score (nSPS) is 11.9. The van der Waals surface area contributed by atoms with E-state index in [-0.39, 0.29) is 17.2 Å². The predicted molar refractivity (Wildman–Crippen MR) is 87.4 cm³/mol. The van der Waals surface area contributed by atoms with Gasteiger partial charge in [-0.15, -0.1) is 0 Å². The van der Waals surface area contributed by atoms with E-state index in [1.54, 1.807) is 24.3 Å². The van der Waals surface area contributed by atoms with E-state index in [1.165, 1.54) is 31.2 Å². The van der Waals surface area contributed by atoms with Gasteiger partial charge in [0, 0.05) is 5.69 Å². The van der Waals surface area contributed by atoms with Gasteiger partial charge in [-0.05, 0) is 43.3 Å². The highest BCUT2D eigenvalue weighted by atomic mass is 19.1. The van der Waals surface area contributed by atoms with Crippen LogP contribution in [0.25, 0.3) is 0 Å². The minimum Gasteiger partial charge on any atom is -0.410 e. The number of hydrogen-bond acceptors (Lipinski definition) is 5. The molecule has 2 rings (SSSR count). The van der Waals surface area contributed by atoms with Crippen LogP contribution in [0.3, 0.4) is 0 Å². The van der Waals surface area contributed by atoms with Crippen LogP contribution in [-0.2, 0) is 4.79 Å². The van der Waals surface area contributed by atoms with Gasteiger partial charge in [-0.25, -0.2) is 4.39 Å². The first-order valence-corrected chi connectivity index (χ1v) is 6.75. The zero-order valence-electron chi connectivity index (χ0n) is 12.3. The molecule has 118 valence electrons. The summed E-state index contributed by atoms with van der Waals surface area (Å²) >= 11 is 0. The molecule has 7 heteroatoms. The van der Waals surface area contributed by atoms with E-state index >= 15 is 0 Å². The molecule has 0 spiro atoms. The highest BCUT2D eigenvalue weighted by molar-refractivity contribution is 6.68. The number of para-hydroxylation sites is 1. The number of anilines is 2. The fraction of sp³-hybridized carbons (Fsp3) is 0.0625. The van der Waals surface area contributed by atoms with Crippen LogP contribution in [0.15, 0.2) is 64.9 Å². The van der Waals surface area contributed by atoms with Crippen LogP contribution in [0, 0.1) is 5.82 Å². The molecule has 0 radical (unpaired) electrons. The SMILES string of the molecule is CC(=NNc1ccc(F)cc1)C(=NO)C(=O)Nc1ccccc1. The van der Waals surface area contributed by atoms with Crippen molar-refractivity contribution in [1.82, 2.24) is 0 Å². The molecule has 0 aliphatic heterocycles. The van der Waals surface area contributed by atoms with Crippen molar-refractivity contribution in [2.45, 2.75) is 6.92 Å². The number of rotatable bonds is 5. The van der Waals surface area contributed by atoms with Crippen molar-refractivity contribution in [3.8, 4) is 0 Å². The Morgan fingerprint density at radius 1 is 1.04 bits per heavy atom. The second-order valence-corrected chi connectivity index (χ2v) is 4.58. The predicted octanol–water partition coefficient (Wildman–Crippen LogP) is 3.08. The maximum absolute atomic E-state index is 12.8. The third kappa shape index (κ3) is 4.63. The Morgan fingerprint density at radius 3 is 2.30 bits per heavy atom. The third-order valence-corrected chi connectivity index (χ3v) is 2.89. The highest BCUT2D eigenvalue weighted by Crippen LogP contribution is 2.08. The average Bonchev–Trinajstić information content (AvgIpc) is 2.56. The second kappa shape index (κ2) is 7.69. The molecule has 0 unspecified atom stereocenters. The zero-order chi connectivity index (χ0) is 16.7. The van der Waals surface area contributed by atoms with Crippen LogP contribution in [0.1, 0.15) is 6.92 Å². The van der Waals surface area contributed by atoms with Gasteiger partial charge in [0.1, 0.15) is 5.82 Å². The largest absolute Gasteiger partial charge is 0.410 e. The van der Waals surface area contributed by atoms with Crippen LogP contribution in [0.4, 0.5) is 15.8 Å². The summed E-state index contributed by atoms with van der Waals surface area (Å²) in [7, 11) is 0. The van der Waals surface area contributed by atoms with E-state index in [2.05, 4.69) is 21.0 Å². The monoisotopic (exact) mass is 314 g/mol. The van der Waals surface area contributed by atoms with Crippen molar-refractivity contribution in [1.29, 1.82) is 0 Å². The number of hydrogen-bond donors (Lipinski definition) is 3. The van der Waals surface area contributed by atoms with Crippen molar-refractivity contribution in [3.05, 3.63) is 60.4 Å². The van der Waals surface area contributed by atoms with Crippen LogP contribution >= 0.6 is 0 Å². The highest BCUT2D eigenvalue weighted by Gasteiger charge is 2.16. The number of carbonyl (C=O) groups excluding carboxylic acids is 1. The molecule has 1 amide bonds. The lowest BCUT2D eigenvalue weighted by Gasteiger charge is -2.07. The van der Waals surface area contributed by atoms with Gasteiger partial charge in [0.05, 0.1) is 11.4 Å². The third-order valence-electron chi connectivity index (χ3n) is 2.89. The van der Waals surface area contributed by atoms with Gasteiger partial charge in [0.25, 0.3) is 5.91 Å². The Kier molecular flexibility index (Phi) is 5.40. The fourth-order valence-electron chi connectivity index (χ4n) is 1.72. The van der Waals surface area contributed by atoms with Gasteiger partial charge in [-0.3, -0.25) is 10.2 Å². The van der Waals surface area contributed by atoms with E-state index < -0.39 is 5.91 Å². The first kappa shape index (κ1) is 16.2. The Morgan fingerprint density at radius 2 is 1.70 bits per heavy atom. The number of halogens is 1. The molecule has 23 heavy (non-hydrogen) atoms. The number of oxime groups is 1. The first-order valence-electron chi connectivity index (χ1n) is 6.75. The first-order chi connectivity index (χ1) is 11.1. The van der Waals surface area contributed by atoms with Gasteiger partial charge in [-0.1, -0.05) is 23.4 Å². The Labute approximate surface area is 132 Å². The molecule has 2 aromatic carbocycles. The number of carbonyl (C=O) groups is 1. The molecule has 2 aromatic rings. The molecule has 0 heterocycles. The number of amides is 1. The van der Waals surface area contributed by atoms with E-state index in [1.807, 2.05) is 6.07 Å².